The van der Waals surface area contributed by atoms with Gasteiger partial charge in [0.25, 0.3) is 0 Å². The van der Waals surface area contributed by atoms with Crippen LogP contribution in [0.5, 0.6) is 5.75 Å². The van der Waals surface area contributed by atoms with Crippen LogP contribution in [0.3, 0.4) is 0 Å². The Hall–Kier alpha value is -2.04. The van der Waals surface area contributed by atoms with Crippen LogP contribution in [-0.4, -0.2) is 24.6 Å². The van der Waals surface area contributed by atoms with Crippen LogP contribution in [0.4, 0.5) is 5.69 Å². The molecule has 5 nitrogen and oxygen atoms in total. The quantitative estimate of drug-likeness (QED) is 0.767. The van der Waals surface area contributed by atoms with Crippen LogP contribution in [0.25, 0.3) is 0 Å². The lowest BCUT2D eigenvalue weighted by Crippen LogP contribution is -2.57. The van der Waals surface area contributed by atoms with Crippen molar-refractivity contribution in [1.29, 1.82) is 0 Å². The highest BCUT2D eigenvalue weighted by atomic mass is 16.6. The molecule has 0 aromatic heterocycles. The highest BCUT2D eigenvalue weighted by molar-refractivity contribution is 5.94. The van der Waals surface area contributed by atoms with E-state index in [1.807, 2.05) is 12.1 Å². The summed E-state index contributed by atoms with van der Waals surface area (Å²) in [7, 11) is 0. The molecule has 27 heavy (non-hydrogen) atoms. The van der Waals surface area contributed by atoms with Gasteiger partial charge in [0.1, 0.15) is 11.9 Å². The summed E-state index contributed by atoms with van der Waals surface area (Å²) in [5.41, 5.74) is 1.07. The zero-order valence-corrected chi connectivity index (χ0v) is 16.4. The third kappa shape index (κ3) is 3.69. The van der Waals surface area contributed by atoms with E-state index >= 15 is 0 Å². The van der Waals surface area contributed by atoms with Crippen LogP contribution in [0.1, 0.15) is 46.5 Å². The first kappa shape index (κ1) is 18.3. The fourth-order valence-electron chi connectivity index (χ4n) is 4.86. The fourth-order valence-corrected chi connectivity index (χ4v) is 4.86. The van der Waals surface area contributed by atoms with Gasteiger partial charge in [-0.15, -0.1) is 0 Å². The van der Waals surface area contributed by atoms with E-state index < -0.39 is 0 Å². The molecule has 1 N–H and O–H groups in total. The predicted molar refractivity (Wildman–Crippen MR) is 102 cm³/mol. The van der Waals surface area contributed by atoms with Crippen molar-refractivity contribution < 1.29 is 19.1 Å². The van der Waals surface area contributed by atoms with Gasteiger partial charge in [-0.2, -0.15) is 0 Å². The summed E-state index contributed by atoms with van der Waals surface area (Å²) in [6, 6.07) is 7.15. The van der Waals surface area contributed by atoms with E-state index in [2.05, 4.69) is 26.1 Å². The molecular formula is C22H29NO4. The molecule has 2 bridgehead atoms. The first-order chi connectivity index (χ1) is 12.8. The van der Waals surface area contributed by atoms with Gasteiger partial charge in [-0.25, -0.2) is 4.79 Å². The molecule has 4 atom stereocenters. The van der Waals surface area contributed by atoms with E-state index in [1.54, 1.807) is 12.1 Å². The van der Waals surface area contributed by atoms with Crippen molar-refractivity contribution >= 4 is 17.6 Å². The number of benzene rings is 1. The fraction of sp³-hybridized carbons (Fsp3) is 0.636. The number of hydrogen-bond acceptors (Lipinski definition) is 4. The second kappa shape index (κ2) is 6.84. The zero-order valence-electron chi connectivity index (χ0n) is 16.4. The van der Waals surface area contributed by atoms with Crippen LogP contribution in [-0.2, 0) is 14.3 Å². The smallest absolute Gasteiger partial charge is 0.344 e. The molecule has 1 aromatic carbocycles. The lowest BCUT2D eigenvalue weighted by Gasteiger charge is -2.61. The van der Waals surface area contributed by atoms with Crippen LogP contribution < -0.4 is 10.1 Å². The third-order valence-electron chi connectivity index (χ3n) is 6.97. The van der Waals surface area contributed by atoms with Crippen LogP contribution >= 0.6 is 0 Å². The second-order valence-electron chi connectivity index (χ2n) is 9.06. The summed E-state index contributed by atoms with van der Waals surface area (Å²) < 4.78 is 11.3. The molecule has 0 radical (unpaired) electrons. The minimum absolute atomic E-state index is 0.00189. The lowest BCUT2D eigenvalue weighted by molar-refractivity contribution is -0.187. The van der Waals surface area contributed by atoms with E-state index in [0.29, 0.717) is 34.6 Å². The van der Waals surface area contributed by atoms with Gasteiger partial charge in [-0.1, -0.05) is 26.8 Å². The van der Waals surface area contributed by atoms with Gasteiger partial charge in [0.2, 0.25) is 5.91 Å². The van der Waals surface area contributed by atoms with E-state index in [-0.39, 0.29) is 30.5 Å². The Morgan fingerprint density at radius 2 is 2.00 bits per heavy atom. The molecule has 4 aliphatic rings. The molecule has 1 amide bonds. The topological polar surface area (TPSA) is 64.6 Å². The Balaban J connectivity index is 1.26. The van der Waals surface area contributed by atoms with E-state index in [4.69, 9.17) is 9.47 Å². The number of nitrogens with one attached hydrogen (secondary N) is 1. The standard InChI is InChI=1S/C22H29NO4/c1-13-18-9-15(22(18,2)3)10-19(13)27-20(24)12-26-17-6-4-5-16(11-17)23-21(25)14-7-8-14/h4-6,11,13-15,18-19H,7-10,12H2,1-3H3,(H,23,25)/t13-,15-,18-,19+/m1/s1. The van der Waals surface area contributed by atoms with Crippen molar-refractivity contribution in [2.75, 3.05) is 11.9 Å². The van der Waals surface area contributed by atoms with Gasteiger partial charge in [0.15, 0.2) is 6.61 Å². The van der Waals surface area contributed by atoms with E-state index in [1.165, 1.54) is 6.42 Å². The minimum atomic E-state index is -0.321. The Bertz CT molecular complexity index is 740. The molecular weight excluding hydrogens is 342 g/mol. The molecule has 0 heterocycles. The average Bonchev–Trinajstić information content (AvgIpc) is 3.47. The van der Waals surface area contributed by atoms with Gasteiger partial charge in [0.05, 0.1) is 0 Å². The number of fused-ring (bicyclic) bond motifs is 2. The van der Waals surface area contributed by atoms with Gasteiger partial charge in [-0.05, 0) is 61.0 Å². The summed E-state index contributed by atoms with van der Waals surface area (Å²) >= 11 is 0. The molecule has 5 rings (SSSR count). The molecule has 0 aliphatic heterocycles. The predicted octanol–water partition coefficient (Wildman–Crippen LogP) is 4.03. The van der Waals surface area contributed by atoms with Crippen LogP contribution in [0.2, 0.25) is 0 Å². The second-order valence-corrected chi connectivity index (χ2v) is 9.06. The summed E-state index contributed by atoms with van der Waals surface area (Å²) in [6.07, 6.45) is 4.15. The first-order valence-electron chi connectivity index (χ1n) is 10.1. The number of anilines is 1. The maximum absolute atomic E-state index is 12.3. The van der Waals surface area contributed by atoms with Crippen molar-refractivity contribution in [3.05, 3.63) is 24.3 Å². The Kier molecular flexibility index (Phi) is 4.65. The maximum Gasteiger partial charge on any atom is 0.344 e. The van der Waals surface area contributed by atoms with E-state index in [0.717, 1.165) is 19.3 Å². The highest BCUT2D eigenvalue weighted by Crippen LogP contribution is 2.61. The number of rotatable bonds is 6. The van der Waals surface area contributed by atoms with Crippen LogP contribution in [0, 0.1) is 29.1 Å². The summed E-state index contributed by atoms with van der Waals surface area (Å²) in [5.74, 6) is 2.14. The molecule has 146 valence electrons. The number of ether oxygens (including phenoxy) is 2. The average molecular weight is 371 g/mol. The number of amides is 1. The van der Waals surface area contributed by atoms with Crippen molar-refractivity contribution in [2.24, 2.45) is 29.1 Å². The molecule has 4 aliphatic carbocycles. The Morgan fingerprint density at radius 3 is 2.67 bits per heavy atom. The molecule has 1 aromatic rings. The summed E-state index contributed by atoms with van der Waals surface area (Å²) in [6.45, 7) is 6.76. The number of carbonyl (C=O) groups excluding carboxylic acids is 2. The molecule has 4 fully saturated rings. The van der Waals surface area contributed by atoms with Crippen molar-refractivity contribution in [2.45, 2.75) is 52.6 Å². The third-order valence-corrected chi connectivity index (χ3v) is 6.97. The monoisotopic (exact) mass is 371 g/mol. The lowest BCUT2D eigenvalue weighted by atomic mass is 9.45. The maximum atomic E-state index is 12.3. The number of carbonyl (C=O) groups is 2. The largest absolute Gasteiger partial charge is 0.482 e. The van der Waals surface area contributed by atoms with Gasteiger partial charge in [0, 0.05) is 17.7 Å². The van der Waals surface area contributed by atoms with Gasteiger partial charge in [-0.3, -0.25) is 4.79 Å². The molecule has 0 unspecified atom stereocenters. The summed E-state index contributed by atoms with van der Waals surface area (Å²) in [5, 5.41) is 2.89. The minimum Gasteiger partial charge on any atom is -0.482 e. The Labute approximate surface area is 160 Å². The molecule has 0 spiro atoms. The molecule has 0 saturated heterocycles. The van der Waals surface area contributed by atoms with Gasteiger partial charge >= 0.3 is 5.97 Å². The van der Waals surface area contributed by atoms with Crippen LogP contribution in [0.15, 0.2) is 24.3 Å². The van der Waals surface area contributed by atoms with E-state index in [9.17, 15) is 9.59 Å². The summed E-state index contributed by atoms with van der Waals surface area (Å²) in [4.78, 5) is 24.1. The molecule has 5 heteroatoms. The normalized spacial score (nSPS) is 30.8. The first-order valence-corrected chi connectivity index (χ1v) is 10.1. The number of hydrogen-bond donors (Lipinski definition) is 1. The van der Waals surface area contributed by atoms with Crippen molar-refractivity contribution in [3.8, 4) is 5.75 Å². The van der Waals surface area contributed by atoms with Crippen molar-refractivity contribution in [3.63, 3.8) is 0 Å². The van der Waals surface area contributed by atoms with Gasteiger partial charge < -0.3 is 14.8 Å². The highest BCUT2D eigenvalue weighted by Gasteiger charge is 2.57. The SMILES string of the molecule is C[C@H]1[C@@H](OC(=O)COc2cccc(NC(=O)C3CC3)c2)C[C@H]2C[C@H]1C2(C)C. The number of esters is 1. The Morgan fingerprint density at radius 1 is 1.22 bits per heavy atom. The molecule has 4 saturated carbocycles. The van der Waals surface area contributed by atoms with Crippen molar-refractivity contribution in [1.82, 2.24) is 0 Å². The zero-order chi connectivity index (χ0) is 19.2.